The molecule has 7 nitrogen and oxygen atoms in total. The number of nitrogen functional groups attached to an aromatic ring is 1. The number of carbonyl (C=O) groups is 1. The summed E-state index contributed by atoms with van der Waals surface area (Å²) in [6, 6.07) is 17.1. The van der Waals surface area contributed by atoms with E-state index in [1.807, 2.05) is 22.6 Å². The van der Waals surface area contributed by atoms with Gasteiger partial charge < -0.3 is 11.1 Å². The summed E-state index contributed by atoms with van der Waals surface area (Å²) in [7, 11) is -3.31. The monoisotopic (exact) mass is 573 g/mol. The minimum absolute atomic E-state index is 0.186. The molecule has 1 atom stereocenters. The van der Waals surface area contributed by atoms with Crippen molar-refractivity contribution in [3.8, 4) is 11.1 Å². The van der Waals surface area contributed by atoms with E-state index in [1.54, 1.807) is 30.3 Å². The number of nitrogens with zero attached hydrogens (tertiary/aromatic N) is 2. The average Bonchev–Trinajstić information content (AvgIpc) is 2.81. The van der Waals surface area contributed by atoms with Crippen LogP contribution in [0.5, 0.6) is 0 Å². The molecule has 4 N–H and O–H groups in total. The Morgan fingerprint density at radius 2 is 1.55 bits per heavy atom. The van der Waals surface area contributed by atoms with Gasteiger partial charge in [0.1, 0.15) is 15.5 Å². The summed E-state index contributed by atoms with van der Waals surface area (Å²) in [4.78, 5) is 21.2. The van der Waals surface area contributed by atoms with E-state index in [9.17, 15) is 13.4 Å². The number of nitrogens with one attached hydrogen (secondary N) is 2. The topological polar surface area (TPSA) is 122 Å². The van der Waals surface area contributed by atoms with Gasteiger partial charge in [0.15, 0.2) is 3.83 Å². The van der Waals surface area contributed by atoms with Gasteiger partial charge in [-0.15, -0.1) is 0 Å². The molecule has 1 unspecified atom stereocenters. The van der Waals surface area contributed by atoms with Crippen molar-refractivity contribution >= 4 is 49.6 Å². The zero-order chi connectivity index (χ0) is 23.6. The second-order valence-electron chi connectivity index (χ2n) is 7.03. The van der Waals surface area contributed by atoms with Crippen LogP contribution in [0.1, 0.15) is 10.4 Å². The van der Waals surface area contributed by atoms with Gasteiger partial charge in [0.2, 0.25) is 0 Å². The third-order valence-electron chi connectivity index (χ3n) is 4.86. The van der Waals surface area contributed by atoms with E-state index in [2.05, 4.69) is 15.3 Å². The molecule has 0 aliphatic rings. The molecular weight excluding hydrogens is 556 g/mol. The van der Waals surface area contributed by atoms with Crippen LogP contribution in [0.2, 0.25) is 0 Å². The van der Waals surface area contributed by atoms with Gasteiger partial charge in [-0.1, -0.05) is 18.2 Å². The summed E-state index contributed by atoms with van der Waals surface area (Å²) in [6.07, 6.45) is 2.73. The number of anilines is 2. The highest BCUT2D eigenvalue weighted by atomic mass is 127. The summed E-state index contributed by atoms with van der Waals surface area (Å²) in [5, 5.41) is 2.77. The van der Waals surface area contributed by atoms with Crippen molar-refractivity contribution in [3.05, 3.63) is 94.3 Å². The van der Waals surface area contributed by atoms with Crippen molar-refractivity contribution in [1.82, 2.24) is 9.97 Å². The van der Waals surface area contributed by atoms with Gasteiger partial charge in [-0.25, -0.2) is 23.3 Å². The normalized spacial score (nSPS) is 12.7. The minimum Gasteiger partial charge on any atom is -0.397 e. The first-order chi connectivity index (χ1) is 15.7. The summed E-state index contributed by atoms with van der Waals surface area (Å²) in [6.45, 7) is 0. The number of halogens is 2. The molecule has 0 aliphatic carbocycles. The van der Waals surface area contributed by atoms with E-state index < -0.39 is 15.6 Å². The first kappa shape index (κ1) is 22.8. The Morgan fingerprint density at radius 1 is 0.939 bits per heavy atom. The molecule has 1 heterocycles. The molecule has 1 amide bonds. The zero-order valence-electron chi connectivity index (χ0n) is 17.0. The van der Waals surface area contributed by atoms with Crippen LogP contribution in [-0.4, -0.2) is 20.1 Å². The van der Waals surface area contributed by atoms with Crippen LogP contribution in [0.25, 0.3) is 11.1 Å². The Morgan fingerprint density at radius 3 is 2.18 bits per heavy atom. The van der Waals surface area contributed by atoms with E-state index in [-0.39, 0.29) is 15.6 Å². The molecule has 3 aromatic carbocycles. The molecular formula is C23H17FIN5O2S. The Balaban J connectivity index is 1.55. The second-order valence-corrected chi connectivity index (χ2v) is 10.1. The average molecular weight is 573 g/mol. The molecule has 0 spiro atoms. The van der Waals surface area contributed by atoms with Gasteiger partial charge in [-0.3, -0.25) is 4.79 Å². The lowest BCUT2D eigenvalue weighted by atomic mass is 10.0. The highest BCUT2D eigenvalue weighted by Crippen LogP contribution is 2.28. The van der Waals surface area contributed by atoms with Crippen LogP contribution in [0.3, 0.4) is 0 Å². The maximum atomic E-state index is 13.2. The minimum atomic E-state index is -3.31. The molecule has 1 aromatic heterocycles. The van der Waals surface area contributed by atoms with Crippen LogP contribution in [0.4, 0.5) is 15.8 Å². The quantitative estimate of drug-likeness (QED) is 0.173. The van der Waals surface area contributed by atoms with E-state index in [0.29, 0.717) is 20.8 Å². The number of rotatable bonds is 5. The van der Waals surface area contributed by atoms with Crippen molar-refractivity contribution in [3.63, 3.8) is 0 Å². The van der Waals surface area contributed by atoms with Crippen LogP contribution in [0.15, 0.2) is 88.9 Å². The van der Waals surface area contributed by atoms with Crippen molar-refractivity contribution in [2.75, 3.05) is 11.1 Å². The standard InChI is InChI=1S/C23H17FIN5O2S/c24-17-6-1-14(2-7-17)16-5-10-20(26)21(11-16)30-22(31)15-3-8-18(9-4-15)33(27,32)19-12-28-23(25)29-13-19/h1-13,27H,26H2,(H,30,31). The Bertz CT molecular complexity index is 1430. The largest absolute Gasteiger partial charge is 0.397 e. The fourth-order valence-electron chi connectivity index (χ4n) is 3.06. The molecule has 0 bridgehead atoms. The highest BCUT2D eigenvalue weighted by molar-refractivity contribution is 14.1. The number of benzene rings is 3. The van der Waals surface area contributed by atoms with Gasteiger partial charge in [0.25, 0.3) is 5.91 Å². The first-order valence-electron chi connectivity index (χ1n) is 9.57. The molecule has 0 aliphatic heterocycles. The maximum absolute atomic E-state index is 13.2. The SMILES string of the molecule is N=S(=O)(c1ccc(C(=O)Nc2cc(-c3ccc(F)cc3)ccc2N)cc1)c1cnc(I)nc1. The van der Waals surface area contributed by atoms with Gasteiger partial charge >= 0.3 is 0 Å². The van der Waals surface area contributed by atoms with Crippen LogP contribution in [0, 0.1) is 14.4 Å². The van der Waals surface area contributed by atoms with E-state index in [4.69, 9.17) is 10.5 Å². The van der Waals surface area contributed by atoms with Gasteiger partial charge in [0, 0.05) is 40.5 Å². The van der Waals surface area contributed by atoms with Crippen LogP contribution < -0.4 is 11.1 Å². The maximum Gasteiger partial charge on any atom is 0.255 e. The summed E-state index contributed by atoms with van der Waals surface area (Å²) in [5.41, 5.74) is 8.66. The van der Waals surface area contributed by atoms with Crippen LogP contribution >= 0.6 is 22.6 Å². The van der Waals surface area contributed by atoms with Gasteiger partial charge in [0.05, 0.1) is 21.2 Å². The number of aromatic nitrogens is 2. The second kappa shape index (κ2) is 9.24. The number of carbonyl (C=O) groups excluding carboxylic acids is 1. The third kappa shape index (κ3) is 5.01. The number of nitrogens with two attached hydrogens (primary N) is 1. The lowest BCUT2D eigenvalue weighted by Crippen LogP contribution is -2.13. The van der Waals surface area contributed by atoms with Crippen molar-refractivity contribution in [2.45, 2.75) is 9.79 Å². The number of hydrogen-bond acceptors (Lipinski definition) is 6. The summed E-state index contributed by atoms with van der Waals surface area (Å²) >= 11 is 1.92. The summed E-state index contributed by atoms with van der Waals surface area (Å²) < 4.78 is 34.9. The zero-order valence-corrected chi connectivity index (χ0v) is 19.9. The lowest BCUT2D eigenvalue weighted by molar-refractivity contribution is 0.102. The lowest BCUT2D eigenvalue weighted by Gasteiger charge is -2.12. The Kier molecular flexibility index (Phi) is 6.38. The molecule has 0 radical (unpaired) electrons. The molecule has 0 saturated heterocycles. The smallest absolute Gasteiger partial charge is 0.255 e. The predicted molar refractivity (Wildman–Crippen MR) is 133 cm³/mol. The summed E-state index contributed by atoms with van der Waals surface area (Å²) in [5.74, 6) is -0.754. The molecule has 0 fully saturated rings. The highest BCUT2D eigenvalue weighted by Gasteiger charge is 2.16. The number of amides is 1. The molecule has 166 valence electrons. The Labute approximate surface area is 203 Å². The molecule has 0 saturated carbocycles. The fourth-order valence-corrected chi connectivity index (χ4v) is 4.54. The van der Waals surface area contributed by atoms with Crippen molar-refractivity contribution in [2.24, 2.45) is 0 Å². The van der Waals surface area contributed by atoms with E-state index in [0.717, 1.165) is 11.1 Å². The predicted octanol–water partition coefficient (Wildman–Crippen LogP) is 5.19. The fraction of sp³-hybridized carbons (Fsp3) is 0. The van der Waals surface area contributed by atoms with Crippen LogP contribution in [-0.2, 0) is 9.73 Å². The molecule has 4 aromatic rings. The molecule has 4 rings (SSSR count). The van der Waals surface area contributed by atoms with E-state index in [1.165, 1.54) is 48.8 Å². The number of hydrogen-bond donors (Lipinski definition) is 3. The van der Waals surface area contributed by atoms with Gasteiger partial charge in [-0.05, 0) is 59.7 Å². The molecule has 10 heteroatoms. The van der Waals surface area contributed by atoms with Gasteiger partial charge in [-0.2, -0.15) is 0 Å². The third-order valence-corrected chi connectivity index (χ3v) is 7.22. The van der Waals surface area contributed by atoms with Crippen molar-refractivity contribution < 1.29 is 13.4 Å². The van der Waals surface area contributed by atoms with Crippen molar-refractivity contribution in [1.29, 1.82) is 4.78 Å². The molecule has 33 heavy (non-hydrogen) atoms. The van der Waals surface area contributed by atoms with E-state index >= 15 is 0 Å². The first-order valence-corrected chi connectivity index (χ1v) is 12.2. The Hall–Kier alpha value is -3.38.